The number of hydrogen-bond acceptors (Lipinski definition) is 4. The first-order valence-corrected chi connectivity index (χ1v) is 8.80. The number of esters is 1. The Kier molecular flexibility index (Phi) is 5.23. The summed E-state index contributed by atoms with van der Waals surface area (Å²) < 4.78 is 11.2. The van der Waals surface area contributed by atoms with Crippen molar-refractivity contribution >= 4 is 17.6 Å². The van der Waals surface area contributed by atoms with Crippen molar-refractivity contribution in [1.29, 1.82) is 0 Å². The molecular weight excluding hydrogens is 352 g/mol. The quantitative estimate of drug-likeness (QED) is 0.542. The lowest BCUT2D eigenvalue weighted by atomic mass is 10.1. The molecule has 1 fully saturated rings. The van der Waals surface area contributed by atoms with Crippen molar-refractivity contribution in [3.63, 3.8) is 0 Å². The molecule has 1 aliphatic carbocycles. The lowest BCUT2D eigenvalue weighted by molar-refractivity contribution is -0.147. The third-order valence-corrected chi connectivity index (χ3v) is 4.87. The van der Waals surface area contributed by atoms with Crippen LogP contribution in [0.4, 0.5) is 0 Å². The highest BCUT2D eigenvalue weighted by Crippen LogP contribution is 2.59. The molecule has 0 spiro atoms. The van der Waals surface area contributed by atoms with Crippen LogP contribution in [0, 0.1) is 17.3 Å². The molecular formula is C21H21ClO4. The maximum atomic E-state index is 12.4. The highest BCUT2D eigenvalue weighted by molar-refractivity contribution is 6.28. The van der Waals surface area contributed by atoms with Crippen LogP contribution in [0.15, 0.2) is 65.9 Å². The van der Waals surface area contributed by atoms with Crippen LogP contribution in [0.2, 0.25) is 0 Å². The van der Waals surface area contributed by atoms with Gasteiger partial charge in [-0.3, -0.25) is 4.79 Å². The molecule has 0 amide bonds. The zero-order valence-corrected chi connectivity index (χ0v) is 15.4. The molecule has 0 aromatic heterocycles. The smallest absolute Gasteiger partial charge is 0.310 e. The molecule has 0 saturated heterocycles. The van der Waals surface area contributed by atoms with Crippen molar-refractivity contribution in [2.45, 2.75) is 20.5 Å². The highest BCUT2D eigenvalue weighted by Gasteiger charge is 2.61. The first-order chi connectivity index (χ1) is 12.4. The standard InChI is InChI=1S/C21H21ClO4/c1-21(2)17(12-18(22)23)19(21)20(24)25-13-14-7-6-10-16(11-14)26-15-8-4-3-5-9-15/h3-12,17,19,23H,13H2,1-2H3/b18-12+. The van der Waals surface area contributed by atoms with Gasteiger partial charge in [0.1, 0.15) is 18.1 Å². The third kappa shape index (κ3) is 4.20. The number of halogens is 1. The van der Waals surface area contributed by atoms with E-state index in [1.807, 2.05) is 68.4 Å². The molecule has 136 valence electrons. The SMILES string of the molecule is CC1(C)C(/C=C(/O)Cl)C1C(=O)OCc1cccc(Oc2ccccc2)c1. The number of rotatable bonds is 6. The molecule has 1 saturated carbocycles. The van der Waals surface area contributed by atoms with Gasteiger partial charge < -0.3 is 14.6 Å². The molecule has 1 aliphatic rings. The summed E-state index contributed by atoms with van der Waals surface area (Å²) in [7, 11) is 0. The molecule has 3 rings (SSSR count). The number of hydrogen-bond donors (Lipinski definition) is 1. The van der Waals surface area contributed by atoms with Gasteiger partial charge in [0.05, 0.1) is 5.92 Å². The van der Waals surface area contributed by atoms with Gasteiger partial charge in [0.2, 0.25) is 0 Å². The molecule has 5 heteroatoms. The van der Waals surface area contributed by atoms with Crippen molar-refractivity contribution < 1.29 is 19.4 Å². The van der Waals surface area contributed by atoms with E-state index in [4.69, 9.17) is 21.1 Å². The largest absolute Gasteiger partial charge is 0.499 e. The second kappa shape index (κ2) is 7.42. The fraction of sp³-hybridized carbons (Fsp3) is 0.286. The molecule has 1 N–H and O–H groups in total. The number of carbonyl (C=O) groups is 1. The van der Waals surface area contributed by atoms with Gasteiger partial charge in [-0.2, -0.15) is 0 Å². The van der Waals surface area contributed by atoms with Gasteiger partial charge >= 0.3 is 5.97 Å². The molecule has 2 atom stereocenters. The Labute approximate surface area is 158 Å². The van der Waals surface area contributed by atoms with E-state index < -0.39 is 0 Å². The summed E-state index contributed by atoms with van der Waals surface area (Å²) >= 11 is 5.52. The van der Waals surface area contributed by atoms with Crippen molar-refractivity contribution in [2.75, 3.05) is 0 Å². The normalized spacial score (nSPS) is 21.1. The number of aliphatic hydroxyl groups excluding tert-OH is 1. The highest BCUT2D eigenvalue weighted by atomic mass is 35.5. The van der Waals surface area contributed by atoms with Gasteiger partial charge in [0.15, 0.2) is 5.22 Å². The van der Waals surface area contributed by atoms with E-state index in [1.54, 1.807) is 0 Å². The summed E-state index contributed by atoms with van der Waals surface area (Å²) in [5.74, 6) is 0.734. The van der Waals surface area contributed by atoms with Crippen LogP contribution in [-0.2, 0) is 16.1 Å². The van der Waals surface area contributed by atoms with E-state index in [-0.39, 0.29) is 35.0 Å². The summed E-state index contributed by atoms with van der Waals surface area (Å²) in [6.45, 7) is 4.07. The second-order valence-corrected chi connectivity index (χ2v) is 7.37. The van der Waals surface area contributed by atoms with Crippen LogP contribution in [0.5, 0.6) is 11.5 Å². The van der Waals surface area contributed by atoms with Crippen molar-refractivity contribution in [2.24, 2.45) is 17.3 Å². The van der Waals surface area contributed by atoms with Crippen LogP contribution in [0.1, 0.15) is 19.4 Å². The molecule has 2 aromatic carbocycles. The maximum absolute atomic E-state index is 12.4. The van der Waals surface area contributed by atoms with Crippen molar-refractivity contribution in [3.05, 3.63) is 71.5 Å². The summed E-state index contributed by atoms with van der Waals surface area (Å²) in [4.78, 5) is 12.4. The predicted octanol–water partition coefficient (Wildman–Crippen LogP) is 5.43. The van der Waals surface area contributed by atoms with E-state index in [0.717, 1.165) is 11.3 Å². The minimum Gasteiger partial charge on any atom is -0.499 e. The molecule has 2 unspecified atom stereocenters. The van der Waals surface area contributed by atoms with E-state index >= 15 is 0 Å². The molecule has 0 bridgehead atoms. The zero-order chi connectivity index (χ0) is 18.7. The molecule has 0 heterocycles. The zero-order valence-electron chi connectivity index (χ0n) is 14.7. The number of ether oxygens (including phenoxy) is 2. The van der Waals surface area contributed by atoms with E-state index in [1.165, 1.54) is 6.08 Å². The Morgan fingerprint density at radius 1 is 1.15 bits per heavy atom. The van der Waals surface area contributed by atoms with Gasteiger partial charge in [-0.25, -0.2) is 0 Å². The molecule has 2 aromatic rings. The molecule has 0 radical (unpaired) electrons. The third-order valence-electron chi connectivity index (χ3n) is 4.74. The lowest BCUT2D eigenvalue weighted by Gasteiger charge is -2.09. The Hall–Kier alpha value is -2.46. The number of carbonyl (C=O) groups excluding carboxylic acids is 1. The van der Waals surface area contributed by atoms with Crippen molar-refractivity contribution in [3.8, 4) is 11.5 Å². The van der Waals surface area contributed by atoms with Gasteiger partial charge in [-0.05, 0) is 52.9 Å². The summed E-state index contributed by atoms with van der Waals surface area (Å²) in [5.41, 5.74) is 0.579. The monoisotopic (exact) mass is 372 g/mol. The average Bonchev–Trinajstić information content (AvgIpc) is 3.13. The van der Waals surface area contributed by atoms with Crippen LogP contribution < -0.4 is 4.74 Å². The van der Waals surface area contributed by atoms with Gasteiger partial charge in [-0.15, -0.1) is 0 Å². The first-order valence-electron chi connectivity index (χ1n) is 8.42. The predicted molar refractivity (Wildman–Crippen MR) is 100 cm³/mol. The summed E-state index contributed by atoms with van der Waals surface area (Å²) in [5, 5.41) is 8.93. The Morgan fingerprint density at radius 3 is 2.54 bits per heavy atom. The van der Waals surface area contributed by atoms with Crippen LogP contribution in [-0.4, -0.2) is 11.1 Å². The average molecular weight is 373 g/mol. The summed E-state index contributed by atoms with van der Waals surface area (Å²) in [6, 6.07) is 16.9. The lowest BCUT2D eigenvalue weighted by Crippen LogP contribution is -2.10. The first kappa shape index (κ1) is 18.3. The number of benzene rings is 2. The number of para-hydroxylation sites is 1. The fourth-order valence-corrected chi connectivity index (χ4v) is 3.29. The van der Waals surface area contributed by atoms with Gasteiger partial charge in [-0.1, -0.05) is 44.2 Å². The minimum atomic E-state index is -0.299. The minimum absolute atomic E-state index is 0.111. The topological polar surface area (TPSA) is 55.8 Å². The van der Waals surface area contributed by atoms with Gasteiger partial charge in [0, 0.05) is 5.92 Å². The molecule has 4 nitrogen and oxygen atoms in total. The Morgan fingerprint density at radius 2 is 1.85 bits per heavy atom. The van der Waals surface area contributed by atoms with Crippen molar-refractivity contribution in [1.82, 2.24) is 0 Å². The molecule has 0 aliphatic heterocycles. The van der Waals surface area contributed by atoms with Gasteiger partial charge in [0.25, 0.3) is 0 Å². The molecule has 26 heavy (non-hydrogen) atoms. The summed E-state index contributed by atoms with van der Waals surface area (Å²) in [6.07, 6.45) is 1.50. The Balaban J connectivity index is 1.59. The van der Waals surface area contributed by atoms with E-state index in [2.05, 4.69) is 0 Å². The number of allylic oxidation sites excluding steroid dienone is 1. The van der Waals surface area contributed by atoms with Crippen LogP contribution >= 0.6 is 11.6 Å². The van der Waals surface area contributed by atoms with E-state index in [0.29, 0.717) is 5.75 Å². The van der Waals surface area contributed by atoms with Crippen LogP contribution in [0.25, 0.3) is 0 Å². The van der Waals surface area contributed by atoms with Crippen LogP contribution in [0.3, 0.4) is 0 Å². The number of aliphatic hydroxyl groups is 1. The second-order valence-electron chi connectivity index (χ2n) is 6.98. The fourth-order valence-electron chi connectivity index (χ4n) is 3.15. The maximum Gasteiger partial charge on any atom is 0.310 e. The Bertz CT molecular complexity index is 810. The van der Waals surface area contributed by atoms with E-state index in [9.17, 15) is 9.90 Å².